The monoisotopic (exact) mass is 284 g/mol. The van der Waals surface area contributed by atoms with Gasteiger partial charge in [0, 0.05) is 5.92 Å². The van der Waals surface area contributed by atoms with Crippen LogP contribution in [0.1, 0.15) is 13.8 Å². The van der Waals surface area contributed by atoms with Crippen molar-refractivity contribution in [1.82, 2.24) is 0 Å². The molecule has 0 spiro atoms. The lowest BCUT2D eigenvalue weighted by molar-refractivity contribution is -0.0887. The minimum Gasteiger partial charge on any atom is -0.350 e. The normalized spacial score (nSPS) is 18.9. The van der Waals surface area contributed by atoms with E-state index in [0.717, 1.165) is 0 Å². The molecule has 1 heterocycles. The highest BCUT2D eigenvalue weighted by atomic mass is 32.2. The van der Waals surface area contributed by atoms with Crippen LogP contribution in [0.25, 0.3) is 0 Å². The van der Waals surface area contributed by atoms with E-state index in [-0.39, 0.29) is 17.6 Å². The smallest absolute Gasteiger partial charge is 0.178 e. The van der Waals surface area contributed by atoms with Gasteiger partial charge in [0.05, 0.1) is 23.9 Å². The Balaban J connectivity index is 2.17. The van der Waals surface area contributed by atoms with Crippen LogP contribution in [0.2, 0.25) is 0 Å². The molecule has 0 radical (unpaired) electrons. The van der Waals surface area contributed by atoms with Crippen LogP contribution in [-0.4, -0.2) is 33.7 Å². The standard InChI is InChI=1S/C14H20O4S/c1-11(2)13(14-17-8-9-18-14)10-19(15,16)12-6-4-3-5-7-12/h3-7,11,13-14H,8-10H2,1-2H3/t13-/m0/s1. The predicted molar refractivity (Wildman–Crippen MR) is 72.5 cm³/mol. The lowest BCUT2D eigenvalue weighted by Gasteiger charge is -2.25. The first-order valence-corrected chi connectivity index (χ1v) is 8.17. The summed E-state index contributed by atoms with van der Waals surface area (Å²) in [5, 5.41) is 0. The Labute approximate surface area is 114 Å². The predicted octanol–water partition coefficient (Wildman–Crippen LogP) is 2.11. The first kappa shape index (κ1) is 14.5. The SMILES string of the molecule is CC(C)[C@H](CS(=O)(=O)c1ccccc1)C1OCCO1. The molecular formula is C14H20O4S. The zero-order chi connectivity index (χ0) is 13.9. The van der Waals surface area contributed by atoms with Gasteiger partial charge in [-0.25, -0.2) is 8.42 Å². The molecule has 0 saturated carbocycles. The van der Waals surface area contributed by atoms with Crippen LogP contribution in [0.3, 0.4) is 0 Å². The maximum absolute atomic E-state index is 12.4. The van der Waals surface area contributed by atoms with Gasteiger partial charge in [-0.2, -0.15) is 0 Å². The zero-order valence-corrected chi connectivity index (χ0v) is 12.1. The van der Waals surface area contributed by atoms with Crippen molar-refractivity contribution in [2.75, 3.05) is 19.0 Å². The average molecular weight is 284 g/mol. The van der Waals surface area contributed by atoms with Crippen molar-refractivity contribution in [3.63, 3.8) is 0 Å². The van der Waals surface area contributed by atoms with E-state index >= 15 is 0 Å². The highest BCUT2D eigenvalue weighted by Gasteiger charge is 2.33. The molecular weight excluding hydrogens is 264 g/mol. The van der Waals surface area contributed by atoms with Crippen molar-refractivity contribution >= 4 is 9.84 Å². The summed E-state index contributed by atoms with van der Waals surface area (Å²) >= 11 is 0. The van der Waals surface area contributed by atoms with E-state index in [1.807, 2.05) is 19.9 Å². The van der Waals surface area contributed by atoms with Crippen molar-refractivity contribution in [2.24, 2.45) is 11.8 Å². The quantitative estimate of drug-likeness (QED) is 0.831. The fourth-order valence-electron chi connectivity index (χ4n) is 2.19. The molecule has 0 aromatic heterocycles. The molecule has 1 atom stereocenters. The van der Waals surface area contributed by atoms with Crippen molar-refractivity contribution in [2.45, 2.75) is 25.0 Å². The van der Waals surface area contributed by atoms with Gasteiger partial charge < -0.3 is 9.47 Å². The van der Waals surface area contributed by atoms with Crippen molar-refractivity contribution in [3.8, 4) is 0 Å². The average Bonchev–Trinajstić information content (AvgIpc) is 2.90. The lowest BCUT2D eigenvalue weighted by atomic mass is 9.97. The number of hydrogen-bond donors (Lipinski definition) is 0. The molecule has 0 amide bonds. The van der Waals surface area contributed by atoms with E-state index in [2.05, 4.69) is 0 Å². The summed E-state index contributed by atoms with van der Waals surface area (Å²) in [5.74, 6) is 0.0913. The zero-order valence-electron chi connectivity index (χ0n) is 11.3. The first-order chi connectivity index (χ1) is 9.00. The summed E-state index contributed by atoms with van der Waals surface area (Å²) in [5.41, 5.74) is 0. The molecule has 0 unspecified atom stereocenters. The molecule has 1 aromatic rings. The van der Waals surface area contributed by atoms with E-state index in [0.29, 0.717) is 18.1 Å². The van der Waals surface area contributed by atoms with Gasteiger partial charge in [-0.3, -0.25) is 0 Å². The second kappa shape index (κ2) is 6.03. The minimum absolute atomic E-state index is 0.0549. The molecule has 0 aliphatic carbocycles. The van der Waals surface area contributed by atoms with Gasteiger partial charge in [-0.05, 0) is 18.1 Å². The number of benzene rings is 1. The molecule has 1 aromatic carbocycles. The highest BCUT2D eigenvalue weighted by molar-refractivity contribution is 7.91. The molecule has 1 fully saturated rings. The summed E-state index contributed by atoms with van der Waals surface area (Å²) in [4.78, 5) is 0.360. The van der Waals surface area contributed by atoms with E-state index in [4.69, 9.17) is 9.47 Å². The maximum Gasteiger partial charge on any atom is 0.178 e. The second-order valence-electron chi connectivity index (χ2n) is 5.11. The molecule has 0 N–H and O–H groups in total. The van der Waals surface area contributed by atoms with E-state index in [9.17, 15) is 8.42 Å². The number of hydrogen-bond acceptors (Lipinski definition) is 4. The summed E-state index contributed by atoms with van der Waals surface area (Å²) in [7, 11) is -3.30. The van der Waals surface area contributed by atoms with E-state index in [1.165, 1.54) is 0 Å². The Bertz CT molecular complexity index is 489. The van der Waals surface area contributed by atoms with Crippen LogP contribution >= 0.6 is 0 Å². The molecule has 106 valence electrons. The second-order valence-corrected chi connectivity index (χ2v) is 7.15. The summed E-state index contributed by atoms with van der Waals surface area (Å²) in [6.45, 7) is 5.07. The lowest BCUT2D eigenvalue weighted by Crippen LogP contribution is -2.32. The van der Waals surface area contributed by atoms with Crippen molar-refractivity contribution in [3.05, 3.63) is 30.3 Å². The molecule has 2 rings (SSSR count). The van der Waals surface area contributed by atoms with Gasteiger partial charge in [0.25, 0.3) is 0 Å². The Kier molecular flexibility index (Phi) is 4.60. The third kappa shape index (κ3) is 3.55. The van der Waals surface area contributed by atoms with Gasteiger partial charge in [0.1, 0.15) is 0 Å². The Morgan fingerprint density at radius 2 is 1.74 bits per heavy atom. The van der Waals surface area contributed by atoms with Crippen LogP contribution in [0.5, 0.6) is 0 Å². The van der Waals surface area contributed by atoms with Crippen LogP contribution < -0.4 is 0 Å². The largest absolute Gasteiger partial charge is 0.350 e. The molecule has 1 aliphatic heterocycles. The number of sulfone groups is 1. The van der Waals surface area contributed by atoms with E-state index in [1.54, 1.807) is 24.3 Å². The van der Waals surface area contributed by atoms with Gasteiger partial charge in [-0.1, -0.05) is 32.0 Å². The Morgan fingerprint density at radius 3 is 2.26 bits per heavy atom. The Morgan fingerprint density at radius 1 is 1.16 bits per heavy atom. The molecule has 19 heavy (non-hydrogen) atoms. The summed E-state index contributed by atoms with van der Waals surface area (Å²) < 4.78 is 35.7. The van der Waals surface area contributed by atoms with Crippen LogP contribution in [0, 0.1) is 11.8 Å². The van der Waals surface area contributed by atoms with Crippen LogP contribution in [0.4, 0.5) is 0 Å². The fraction of sp³-hybridized carbons (Fsp3) is 0.571. The summed E-state index contributed by atoms with van der Waals surface area (Å²) in [6.07, 6.45) is -0.404. The summed E-state index contributed by atoms with van der Waals surface area (Å²) in [6, 6.07) is 8.54. The third-order valence-electron chi connectivity index (χ3n) is 3.37. The highest BCUT2D eigenvalue weighted by Crippen LogP contribution is 2.26. The molecule has 1 aliphatic rings. The molecule has 4 nitrogen and oxygen atoms in total. The van der Waals surface area contributed by atoms with Crippen LogP contribution in [0.15, 0.2) is 35.2 Å². The van der Waals surface area contributed by atoms with Gasteiger partial charge in [0.2, 0.25) is 0 Å². The van der Waals surface area contributed by atoms with Crippen molar-refractivity contribution in [1.29, 1.82) is 0 Å². The molecule has 1 saturated heterocycles. The number of rotatable bonds is 5. The van der Waals surface area contributed by atoms with Gasteiger partial charge in [-0.15, -0.1) is 0 Å². The van der Waals surface area contributed by atoms with Crippen LogP contribution in [-0.2, 0) is 19.3 Å². The van der Waals surface area contributed by atoms with Gasteiger partial charge >= 0.3 is 0 Å². The molecule has 5 heteroatoms. The van der Waals surface area contributed by atoms with Crippen molar-refractivity contribution < 1.29 is 17.9 Å². The maximum atomic E-state index is 12.4. The van der Waals surface area contributed by atoms with E-state index < -0.39 is 16.1 Å². The Hall–Kier alpha value is -0.910. The number of ether oxygens (including phenoxy) is 2. The molecule has 0 bridgehead atoms. The minimum atomic E-state index is -3.30. The first-order valence-electron chi connectivity index (χ1n) is 6.52. The topological polar surface area (TPSA) is 52.6 Å². The fourth-order valence-corrected chi connectivity index (χ4v) is 4.00. The van der Waals surface area contributed by atoms with Gasteiger partial charge in [0.15, 0.2) is 16.1 Å². The third-order valence-corrected chi connectivity index (χ3v) is 5.18.